The number of carbonyl (C=O) groups is 3. The highest BCUT2D eigenvalue weighted by Gasteiger charge is 2.37. The van der Waals surface area contributed by atoms with Crippen LogP contribution in [0, 0.1) is 13.8 Å². The highest BCUT2D eigenvalue weighted by atomic mass is 35.5. The van der Waals surface area contributed by atoms with Crippen molar-refractivity contribution in [2.75, 3.05) is 13.2 Å². The SMILES string of the molecule is Cc1nccc(-c2ccc(CCNC(=O)C3Cc4cc5c(cc4CN3C(=O)NC3CCCCC3)OC(c3ccc(OCc4ccc(Cl)c(Cl)c4)cc3)CO5)cc2)c1C.O=CO. The number of benzene rings is 4. The molecule has 11 nitrogen and oxygen atoms in total. The van der Waals surface area contributed by atoms with E-state index in [1.54, 1.807) is 17.0 Å². The number of pyridine rings is 1. The number of halogens is 2. The summed E-state index contributed by atoms with van der Waals surface area (Å²) < 4.78 is 18.8. The van der Waals surface area contributed by atoms with Gasteiger partial charge in [0.1, 0.15) is 25.0 Å². The van der Waals surface area contributed by atoms with Crippen molar-refractivity contribution in [2.45, 2.75) is 90.1 Å². The van der Waals surface area contributed by atoms with Gasteiger partial charge in [-0.3, -0.25) is 14.6 Å². The minimum absolute atomic E-state index is 0.114. The Hall–Kier alpha value is -5.78. The van der Waals surface area contributed by atoms with Gasteiger partial charge in [0.2, 0.25) is 5.91 Å². The van der Waals surface area contributed by atoms with Crippen molar-refractivity contribution in [3.8, 4) is 28.4 Å². The first-order chi connectivity index (χ1) is 29.6. The maximum absolute atomic E-state index is 14.0. The molecule has 0 bridgehead atoms. The Balaban J connectivity index is 0.00000182. The topological polar surface area (TPSA) is 139 Å². The number of hydrogen-bond donors (Lipinski definition) is 3. The average molecular weight is 866 g/mol. The van der Waals surface area contributed by atoms with Crippen LogP contribution < -0.4 is 24.8 Å². The number of urea groups is 1. The van der Waals surface area contributed by atoms with Gasteiger partial charge in [0.15, 0.2) is 17.6 Å². The summed E-state index contributed by atoms with van der Waals surface area (Å²) in [6.45, 7) is 5.30. The predicted molar refractivity (Wildman–Crippen MR) is 236 cm³/mol. The third kappa shape index (κ3) is 10.8. The van der Waals surface area contributed by atoms with Crippen LogP contribution in [0.25, 0.3) is 11.1 Å². The number of ether oxygens (including phenoxy) is 3. The van der Waals surface area contributed by atoms with E-state index in [-0.39, 0.29) is 37.1 Å². The largest absolute Gasteiger partial charge is 0.489 e. The molecule has 13 heteroatoms. The van der Waals surface area contributed by atoms with E-state index in [1.165, 1.54) is 17.5 Å². The van der Waals surface area contributed by atoms with Gasteiger partial charge in [0.05, 0.1) is 10.0 Å². The lowest BCUT2D eigenvalue weighted by atomic mass is 9.92. The first-order valence-electron chi connectivity index (χ1n) is 20.7. The maximum Gasteiger partial charge on any atom is 0.318 e. The third-order valence-corrected chi connectivity index (χ3v) is 12.4. The Kier molecular flexibility index (Phi) is 14.3. The second kappa shape index (κ2) is 20.2. The van der Waals surface area contributed by atoms with Crippen LogP contribution in [-0.2, 0) is 35.6 Å². The number of aryl methyl sites for hydroxylation is 1. The quantitative estimate of drug-likeness (QED) is 0.118. The summed E-state index contributed by atoms with van der Waals surface area (Å²) in [6, 6.07) is 26.9. The second-order valence-corrected chi connectivity index (χ2v) is 16.5. The van der Waals surface area contributed by atoms with Crippen LogP contribution in [0.3, 0.4) is 0 Å². The molecule has 4 aromatic carbocycles. The molecule has 1 aromatic heterocycles. The van der Waals surface area contributed by atoms with Gasteiger partial charge in [0, 0.05) is 37.4 Å². The van der Waals surface area contributed by atoms with Gasteiger partial charge in [-0.05, 0) is 120 Å². The molecule has 0 radical (unpaired) electrons. The number of fused-ring (bicyclic) bond motifs is 2. The second-order valence-electron chi connectivity index (χ2n) is 15.6. The minimum atomic E-state index is -0.663. The standard InChI is InChI=1S/C47H48Cl2N4O5.CH2O2/c1-29-30(2)50-21-19-39(29)33-11-8-31(9-12-33)18-20-51-46(54)42-23-35-24-43-44(25-36(35)26-53(42)47(55)52-37-6-4-3-5-7-37)58-45(28-57-43)34-13-15-38(16-14-34)56-27-32-10-17-40(48)41(49)22-32;2-1-3/h8-17,19,21-22,24-25,37,42,45H,3-7,18,20,23,26-28H2,1-2H3,(H,51,54)(H,52,55);1H,(H,2,3). The fraction of sp³-hybridized carbons (Fsp3) is 0.333. The number of nitrogens with one attached hydrogen (secondary N) is 2. The van der Waals surface area contributed by atoms with Gasteiger partial charge in [0.25, 0.3) is 6.47 Å². The first-order valence-corrected chi connectivity index (χ1v) is 21.4. The summed E-state index contributed by atoms with van der Waals surface area (Å²) >= 11 is 12.2. The number of carbonyl (C=O) groups excluding carboxylic acids is 2. The zero-order valence-electron chi connectivity index (χ0n) is 34.3. The zero-order valence-corrected chi connectivity index (χ0v) is 35.8. The molecule has 1 fully saturated rings. The molecule has 3 amide bonds. The van der Waals surface area contributed by atoms with Gasteiger partial charge in [-0.2, -0.15) is 0 Å². The number of aromatic nitrogens is 1. The van der Waals surface area contributed by atoms with E-state index in [2.05, 4.69) is 46.8 Å². The molecule has 2 unspecified atom stereocenters. The lowest BCUT2D eigenvalue weighted by Crippen LogP contribution is -2.56. The van der Waals surface area contributed by atoms with Crippen molar-refractivity contribution < 1.29 is 33.7 Å². The van der Waals surface area contributed by atoms with E-state index < -0.39 is 6.04 Å². The lowest BCUT2D eigenvalue weighted by Gasteiger charge is -2.38. The minimum Gasteiger partial charge on any atom is -0.489 e. The van der Waals surface area contributed by atoms with Gasteiger partial charge in [-0.25, -0.2) is 4.79 Å². The fourth-order valence-corrected chi connectivity index (χ4v) is 8.41. The highest BCUT2D eigenvalue weighted by Crippen LogP contribution is 2.41. The van der Waals surface area contributed by atoms with Crippen molar-refractivity contribution in [3.05, 3.63) is 140 Å². The van der Waals surface area contributed by atoms with Crippen LogP contribution in [0.15, 0.2) is 91.1 Å². The number of rotatable bonds is 10. The van der Waals surface area contributed by atoms with Crippen LogP contribution >= 0.6 is 23.2 Å². The number of hydrogen-bond acceptors (Lipinski definition) is 7. The maximum atomic E-state index is 14.0. The predicted octanol–water partition coefficient (Wildman–Crippen LogP) is 9.59. The van der Waals surface area contributed by atoms with E-state index in [0.717, 1.165) is 64.8 Å². The van der Waals surface area contributed by atoms with Crippen LogP contribution in [0.1, 0.15) is 77.3 Å². The summed E-state index contributed by atoms with van der Waals surface area (Å²) in [5, 5.41) is 14.3. The van der Waals surface area contributed by atoms with E-state index in [1.807, 2.05) is 61.7 Å². The molecule has 0 spiro atoms. The Morgan fingerprint density at radius 2 is 1.62 bits per heavy atom. The Labute approximate surface area is 366 Å². The normalized spacial score (nSPS) is 17.0. The molecule has 2 atom stereocenters. The van der Waals surface area contributed by atoms with Gasteiger partial charge in [-0.1, -0.05) is 84.9 Å². The average Bonchev–Trinajstić information content (AvgIpc) is 3.27. The molecule has 5 aromatic rings. The number of amides is 3. The Morgan fingerprint density at radius 3 is 2.36 bits per heavy atom. The lowest BCUT2D eigenvalue weighted by molar-refractivity contribution is -0.126. The molecule has 8 rings (SSSR count). The van der Waals surface area contributed by atoms with Crippen molar-refractivity contribution in [2.24, 2.45) is 0 Å². The highest BCUT2D eigenvalue weighted by molar-refractivity contribution is 6.42. The first kappa shape index (κ1) is 43.3. The molecular formula is C48H50Cl2N4O7. The number of nitrogens with zero attached hydrogens (tertiary/aromatic N) is 2. The van der Waals surface area contributed by atoms with Crippen molar-refractivity contribution in [1.29, 1.82) is 0 Å². The van der Waals surface area contributed by atoms with E-state index in [0.29, 0.717) is 59.9 Å². The van der Waals surface area contributed by atoms with Crippen molar-refractivity contribution in [1.82, 2.24) is 20.5 Å². The van der Waals surface area contributed by atoms with E-state index in [4.69, 9.17) is 47.3 Å². The fourth-order valence-electron chi connectivity index (χ4n) is 8.09. The molecule has 3 N–H and O–H groups in total. The summed E-state index contributed by atoms with van der Waals surface area (Å²) in [5.41, 5.74) is 9.41. The molecule has 3 aliphatic rings. The monoisotopic (exact) mass is 864 g/mol. The smallest absolute Gasteiger partial charge is 0.318 e. The van der Waals surface area contributed by atoms with Crippen LogP contribution in [0.5, 0.6) is 17.2 Å². The molecule has 0 saturated heterocycles. The zero-order chi connectivity index (χ0) is 42.9. The Morgan fingerprint density at radius 1 is 0.902 bits per heavy atom. The van der Waals surface area contributed by atoms with Crippen molar-refractivity contribution >= 4 is 41.6 Å². The summed E-state index contributed by atoms with van der Waals surface area (Å²) in [5.74, 6) is 1.80. The molecule has 1 saturated carbocycles. The molecule has 2 aliphatic heterocycles. The Bertz CT molecular complexity index is 2330. The molecule has 3 heterocycles. The molecule has 61 heavy (non-hydrogen) atoms. The summed E-state index contributed by atoms with van der Waals surface area (Å²) in [4.78, 5) is 42.3. The van der Waals surface area contributed by atoms with Crippen molar-refractivity contribution in [3.63, 3.8) is 0 Å². The van der Waals surface area contributed by atoms with Crippen LogP contribution in [0.4, 0.5) is 4.79 Å². The van der Waals surface area contributed by atoms with E-state index >= 15 is 0 Å². The summed E-state index contributed by atoms with van der Waals surface area (Å²) in [6.07, 6.45) is 7.85. The number of carboxylic acid groups (broad SMARTS) is 1. The van der Waals surface area contributed by atoms with Crippen LogP contribution in [0.2, 0.25) is 10.0 Å². The summed E-state index contributed by atoms with van der Waals surface area (Å²) in [7, 11) is 0. The van der Waals surface area contributed by atoms with Gasteiger partial charge < -0.3 is 34.9 Å². The van der Waals surface area contributed by atoms with Crippen LogP contribution in [-0.4, -0.2) is 58.6 Å². The van der Waals surface area contributed by atoms with Gasteiger partial charge in [-0.15, -0.1) is 0 Å². The van der Waals surface area contributed by atoms with E-state index in [9.17, 15) is 9.59 Å². The molecule has 1 aliphatic carbocycles. The molecular weight excluding hydrogens is 815 g/mol. The third-order valence-electron chi connectivity index (χ3n) is 11.6. The van der Waals surface area contributed by atoms with Gasteiger partial charge >= 0.3 is 6.03 Å². The molecule has 318 valence electrons.